The maximum atomic E-state index is 13.4. The summed E-state index contributed by atoms with van der Waals surface area (Å²) in [5, 5.41) is 2.89. The van der Waals surface area contributed by atoms with Crippen molar-refractivity contribution in [3.63, 3.8) is 0 Å². The number of anilines is 2. The van der Waals surface area contributed by atoms with Crippen molar-refractivity contribution in [1.82, 2.24) is 0 Å². The summed E-state index contributed by atoms with van der Waals surface area (Å²) in [6.45, 7) is 0.327. The molecule has 0 amide bonds. The monoisotopic (exact) mass is 266 g/mol. The fourth-order valence-corrected chi connectivity index (χ4v) is 1.76. The third kappa shape index (κ3) is 3.19. The number of para-hydroxylation sites is 1. The van der Waals surface area contributed by atoms with E-state index < -0.39 is 17.5 Å². The van der Waals surface area contributed by atoms with Crippen LogP contribution in [0.1, 0.15) is 5.56 Å². The lowest BCUT2D eigenvalue weighted by Crippen LogP contribution is -2.08. The van der Waals surface area contributed by atoms with Gasteiger partial charge in [-0.3, -0.25) is 0 Å². The normalized spacial score (nSPS) is 10.5. The van der Waals surface area contributed by atoms with Gasteiger partial charge in [0.25, 0.3) is 0 Å². The summed E-state index contributed by atoms with van der Waals surface area (Å²) in [7, 11) is 0. The Hall–Kier alpha value is -2.17. The minimum Gasteiger partial charge on any atom is -0.395 e. The summed E-state index contributed by atoms with van der Waals surface area (Å²) >= 11 is 0. The Balaban J connectivity index is 2.00. The molecule has 5 heteroatoms. The molecule has 0 aliphatic rings. The Morgan fingerprint density at radius 3 is 2.58 bits per heavy atom. The van der Waals surface area contributed by atoms with Gasteiger partial charge in [-0.1, -0.05) is 6.07 Å². The number of nitrogens with two attached hydrogens (primary N) is 1. The van der Waals surface area contributed by atoms with Gasteiger partial charge in [0, 0.05) is 6.54 Å². The third-order valence-corrected chi connectivity index (χ3v) is 2.77. The summed E-state index contributed by atoms with van der Waals surface area (Å²) in [4.78, 5) is 0. The van der Waals surface area contributed by atoms with E-state index in [1.54, 1.807) is 6.07 Å². The van der Waals surface area contributed by atoms with Gasteiger partial charge >= 0.3 is 0 Å². The number of nitrogens with one attached hydrogen (secondary N) is 1. The number of halogens is 3. The number of nitrogen functional groups attached to an aromatic ring is 1. The fourth-order valence-electron chi connectivity index (χ4n) is 1.76. The van der Waals surface area contributed by atoms with E-state index in [2.05, 4.69) is 5.32 Å². The van der Waals surface area contributed by atoms with E-state index in [0.717, 1.165) is 18.2 Å². The zero-order valence-corrected chi connectivity index (χ0v) is 10.1. The standard InChI is InChI=1S/C14H13F3N2/c15-10-4-5-11(16)9(8-10)6-7-19-13-3-1-2-12(17)14(13)18/h1-5,8,19H,6-7,18H2. The zero-order valence-electron chi connectivity index (χ0n) is 10.1. The largest absolute Gasteiger partial charge is 0.395 e. The van der Waals surface area contributed by atoms with Crippen molar-refractivity contribution in [1.29, 1.82) is 0 Å². The molecule has 0 unspecified atom stereocenters. The number of rotatable bonds is 4. The molecule has 19 heavy (non-hydrogen) atoms. The molecule has 3 N–H and O–H groups in total. The summed E-state index contributed by atoms with van der Waals surface area (Å²) in [6.07, 6.45) is 0.277. The Morgan fingerprint density at radius 2 is 1.79 bits per heavy atom. The van der Waals surface area contributed by atoms with Crippen molar-refractivity contribution in [3.05, 3.63) is 59.4 Å². The van der Waals surface area contributed by atoms with Gasteiger partial charge in [0.1, 0.15) is 17.5 Å². The summed E-state index contributed by atoms with van der Waals surface area (Å²) in [6, 6.07) is 7.70. The molecule has 2 rings (SSSR count). The maximum absolute atomic E-state index is 13.4. The molecule has 0 saturated carbocycles. The van der Waals surface area contributed by atoms with Crippen LogP contribution in [0, 0.1) is 17.5 Å². The molecule has 0 bridgehead atoms. The summed E-state index contributed by atoms with van der Waals surface area (Å²) in [5.41, 5.74) is 6.27. The van der Waals surface area contributed by atoms with Gasteiger partial charge in [0.2, 0.25) is 0 Å². The van der Waals surface area contributed by atoms with Gasteiger partial charge in [0.15, 0.2) is 0 Å². The van der Waals surface area contributed by atoms with Crippen LogP contribution in [0.5, 0.6) is 0 Å². The van der Waals surface area contributed by atoms with Crippen LogP contribution in [0.25, 0.3) is 0 Å². The van der Waals surface area contributed by atoms with Crippen LogP contribution in [0.15, 0.2) is 36.4 Å². The van der Waals surface area contributed by atoms with Crippen molar-refractivity contribution < 1.29 is 13.2 Å². The molecule has 0 radical (unpaired) electrons. The molecule has 0 aliphatic heterocycles. The van der Waals surface area contributed by atoms with E-state index in [4.69, 9.17) is 5.73 Å². The van der Waals surface area contributed by atoms with Gasteiger partial charge in [-0.15, -0.1) is 0 Å². The van der Waals surface area contributed by atoms with E-state index in [1.165, 1.54) is 12.1 Å². The van der Waals surface area contributed by atoms with E-state index in [-0.39, 0.29) is 17.7 Å². The van der Waals surface area contributed by atoms with E-state index in [9.17, 15) is 13.2 Å². The van der Waals surface area contributed by atoms with E-state index >= 15 is 0 Å². The molecule has 0 aliphatic carbocycles. The molecule has 2 aromatic rings. The highest BCUT2D eigenvalue weighted by Gasteiger charge is 2.06. The maximum Gasteiger partial charge on any atom is 0.148 e. The number of hydrogen-bond acceptors (Lipinski definition) is 2. The second-order valence-corrected chi connectivity index (χ2v) is 4.11. The molecule has 0 heterocycles. The highest BCUT2D eigenvalue weighted by molar-refractivity contribution is 5.66. The van der Waals surface area contributed by atoms with Crippen molar-refractivity contribution in [3.8, 4) is 0 Å². The summed E-state index contributed by atoms with van der Waals surface area (Å²) < 4.78 is 39.5. The Kier molecular flexibility index (Phi) is 3.94. The predicted octanol–water partition coefficient (Wildman–Crippen LogP) is 3.34. The lowest BCUT2D eigenvalue weighted by atomic mass is 10.1. The van der Waals surface area contributed by atoms with Crippen LogP contribution in [-0.4, -0.2) is 6.54 Å². The van der Waals surface area contributed by atoms with E-state index in [1.807, 2.05) is 0 Å². The molecular formula is C14H13F3N2. The van der Waals surface area contributed by atoms with Crippen molar-refractivity contribution in [2.75, 3.05) is 17.6 Å². The van der Waals surface area contributed by atoms with Gasteiger partial charge in [-0.05, 0) is 42.3 Å². The second-order valence-electron chi connectivity index (χ2n) is 4.11. The molecule has 100 valence electrons. The molecule has 2 aromatic carbocycles. The van der Waals surface area contributed by atoms with Gasteiger partial charge in [-0.2, -0.15) is 0 Å². The minimum atomic E-state index is -0.512. The van der Waals surface area contributed by atoms with Crippen molar-refractivity contribution in [2.45, 2.75) is 6.42 Å². The minimum absolute atomic E-state index is 0.0159. The van der Waals surface area contributed by atoms with Crippen LogP contribution in [0.2, 0.25) is 0 Å². The average Bonchev–Trinajstić information content (AvgIpc) is 2.38. The van der Waals surface area contributed by atoms with Crippen LogP contribution in [0.4, 0.5) is 24.5 Å². The fraction of sp³-hybridized carbons (Fsp3) is 0.143. The first-order chi connectivity index (χ1) is 9.08. The van der Waals surface area contributed by atoms with Crippen molar-refractivity contribution >= 4 is 11.4 Å². The smallest absolute Gasteiger partial charge is 0.148 e. The SMILES string of the molecule is Nc1c(F)cccc1NCCc1cc(F)ccc1F. The lowest BCUT2D eigenvalue weighted by molar-refractivity contribution is 0.586. The Morgan fingerprint density at radius 1 is 1.00 bits per heavy atom. The Bertz CT molecular complexity index is 583. The lowest BCUT2D eigenvalue weighted by Gasteiger charge is -2.10. The average molecular weight is 266 g/mol. The van der Waals surface area contributed by atoms with Crippen molar-refractivity contribution in [2.24, 2.45) is 0 Å². The Labute approximate surface area is 109 Å². The van der Waals surface area contributed by atoms with Crippen LogP contribution < -0.4 is 11.1 Å². The van der Waals surface area contributed by atoms with Gasteiger partial charge in [0.05, 0.1) is 11.4 Å². The summed E-state index contributed by atoms with van der Waals surface area (Å²) in [5.74, 6) is -1.46. The molecule has 0 aromatic heterocycles. The first-order valence-corrected chi connectivity index (χ1v) is 5.79. The van der Waals surface area contributed by atoms with E-state index in [0.29, 0.717) is 12.2 Å². The molecule has 0 atom stereocenters. The molecule has 0 saturated heterocycles. The third-order valence-electron chi connectivity index (χ3n) is 2.77. The molecular weight excluding hydrogens is 253 g/mol. The topological polar surface area (TPSA) is 38.0 Å². The second kappa shape index (κ2) is 5.65. The number of hydrogen-bond donors (Lipinski definition) is 2. The first kappa shape index (κ1) is 13.3. The molecule has 2 nitrogen and oxygen atoms in total. The first-order valence-electron chi connectivity index (χ1n) is 5.79. The molecule has 0 spiro atoms. The predicted molar refractivity (Wildman–Crippen MR) is 69.4 cm³/mol. The number of benzene rings is 2. The molecule has 0 fully saturated rings. The van der Waals surface area contributed by atoms with Gasteiger partial charge < -0.3 is 11.1 Å². The van der Waals surface area contributed by atoms with Crippen LogP contribution in [-0.2, 0) is 6.42 Å². The van der Waals surface area contributed by atoms with Crippen LogP contribution in [0.3, 0.4) is 0 Å². The zero-order chi connectivity index (χ0) is 13.8. The van der Waals surface area contributed by atoms with Gasteiger partial charge in [-0.25, -0.2) is 13.2 Å². The van der Waals surface area contributed by atoms with Crippen LogP contribution >= 0.6 is 0 Å². The highest BCUT2D eigenvalue weighted by Crippen LogP contribution is 2.21. The highest BCUT2D eigenvalue weighted by atomic mass is 19.1. The quantitative estimate of drug-likeness (QED) is 0.833.